The first kappa shape index (κ1) is 14.5. The fourth-order valence-corrected chi connectivity index (χ4v) is 3.35. The third kappa shape index (κ3) is 4.96. The van der Waals surface area contributed by atoms with Crippen molar-refractivity contribution in [3.05, 3.63) is 22.4 Å². The molecule has 2 N–H and O–H groups in total. The molecular formula is C15H24N2OS. The lowest BCUT2D eigenvalue weighted by molar-refractivity contribution is -0.132. The largest absolute Gasteiger partial charge is 0.341 e. The van der Waals surface area contributed by atoms with Crippen LogP contribution in [-0.2, 0) is 11.2 Å². The molecule has 1 aliphatic rings. The Labute approximate surface area is 119 Å². The molecule has 2 heterocycles. The van der Waals surface area contributed by atoms with Crippen LogP contribution in [-0.4, -0.2) is 29.9 Å². The van der Waals surface area contributed by atoms with E-state index in [0.29, 0.717) is 12.3 Å². The highest BCUT2D eigenvalue weighted by atomic mass is 32.1. The monoisotopic (exact) mass is 280 g/mol. The van der Waals surface area contributed by atoms with Crippen molar-refractivity contribution >= 4 is 17.2 Å². The smallest absolute Gasteiger partial charge is 0.222 e. The molecule has 1 atom stereocenters. The van der Waals surface area contributed by atoms with Gasteiger partial charge in [0.1, 0.15) is 0 Å². The highest BCUT2D eigenvalue weighted by Gasteiger charge is 2.20. The molecule has 1 aromatic rings. The van der Waals surface area contributed by atoms with Gasteiger partial charge in [-0.3, -0.25) is 4.79 Å². The molecule has 1 amide bonds. The Bertz CT molecular complexity index is 378. The summed E-state index contributed by atoms with van der Waals surface area (Å²) in [6.07, 6.45) is 7.31. The first-order valence-corrected chi connectivity index (χ1v) is 8.19. The number of nitrogens with two attached hydrogens (primary N) is 1. The lowest BCUT2D eigenvalue weighted by Crippen LogP contribution is -2.45. The van der Waals surface area contributed by atoms with Gasteiger partial charge in [-0.1, -0.05) is 12.5 Å². The van der Waals surface area contributed by atoms with Crippen LogP contribution in [0.2, 0.25) is 0 Å². The molecule has 0 radical (unpaired) electrons. The molecule has 0 aliphatic carbocycles. The number of thiophene rings is 1. The number of hydrogen-bond donors (Lipinski definition) is 1. The summed E-state index contributed by atoms with van der Waals surface area (Å²) < 4.78 is 0. The van der Waals surface area contributed by atoms with Gasteiger partial charge in [0.25, 0.3) is 0 Å². The SMILES string of the molecule is NC1CCCN(C(=O)CCCCCc2cccs2)C1. The van der Waals surface area contributed by atoms with E-state index in [1.54, 1.807) is 0 Å². The van der Waals surface area contributed by atoms with Gasteiger partial charge in [-0.2, -0.15) is 0 Å². The van der Waals surface area contributed by atoms with Crippen molar-refractivity contribution in [2.45, 2.75) is 51.0 Å². The van der Waals surface area contributed by atoms with Crippen molar-refractivity contribution in [3.8, 4) is 0 Å². The number of unbranched alkanes of at least 4 members (excludes halogenated alkanes) is 2. The van der Waals surface area contributed by atoms with Gasteiger partial charge in [-0.05, 0) is 43.6 Å². The minimum atomic E-state index is 0.191. The predicted molar refractivity (Wildman–Crippen MR) is 80.3 cm³/mol. The summed E-state index contributed by atoms with van der Waals surface area (Å²) >= 11 is 1.82. The van der Waals surface area contributed by atoms with Gasteiger partial charge in [-0.15, -0.1) is 11.3 Å². The Hall–Kier alpha value is -0.870. The first-order chi connectivity index (χ1) is 9.25. The molecule has 3 nitrogen and oxygen atoms in total. The quantitative estimate of drug-likeness (QED) is 0.814. The molecule has 0 spiro atoms. The Morgan fingerprint density at radius 3 is 3.05 bits per heavy atom. The molecule has 0 aromatic carbocycles. The van der Waals surface area contributed by atoms with E-state index in [0.717, 1.165) is 45.2 Å². The number of piperidine rings is 1. The normalized spacial score (nSPS) is 19.6. The number of likely N-dealkylation sites (tertiary alicyclic amines) is 1. The minimum absolute atomic E-state index is 0.191. The lowest BCUT2D eigenvalue weighted by atomic mass is 10.1. The van der Waals surface area contributed by atoms with Crippen LogP contribution in [0, 0.1) is 0 Å². The number of amides is 1. The average molecular weight is 280 g/mol. The first-order valence-electron chi connectivity index (χ1n) is 7.31. The van der Waals surface area contributed by atoms with Crippen LogP contribution in [0.5, 0.6) is 0 Å². The summed E-state index contributed by atoms with van der Waals surface area (Å²) in [7, 11) is 0. The van der Waals surface area contributed by atoms with Crippen LogP contribution < -0.4 is 5.73 Å². The molecule has 2 rings (SSSR count). The highest BCUT2D eigenvalue weighted by Crippen LogP contribution is 2.15. The number of carbonyl (C=O) groups excluding carboxylic acids is 1. The maximum absolute atomic E-state index is 12.0. The van der Waals surface area contributed by atoms with Gasteiger partial charge in [0, 0.05) is 30.4 Å². The average Bonchev–Trinajstić information content (AvgIpc) is 2.91. The van der Waals surface area contributed by atoms with Gasteiger partial charge in [-0.25, -0.2) is 0 Å². The molecular weight excluding hydrogens is 256 g/mol. The highest BCUT2D eigenvalue weighted by molar-refractivity contribution is 7.09. The van der Waals surface area contributed by atoms with Gasteiger partial charge >= 0.3 is 0 Å². The van der Waals surface area contributed by atoms with Crippen molar-refractivity contribution in [3.63, 3.8) is 0 Å². The molecule has 1 aliphatic heterocycles. The number of hydrogen-bond acceptors (Lipinski definition) is 3. The van der Waals surface area contributed by atoms with Crippen LogP contribution in [0.15, 0.2) is 17.5 Å². The van der Waals surface area contributed by atoms with E-state index < -0.39 is 0 Å². The van der Waals surface area contributed by atoms with E-state index in [4.69, 9.17) is 5.73 Å². The topological polar surface area (TPSA) is 46.3 Å². The van der Waals surface area contributed by atoms with Crippen molar-refractivity contribution in [1.82, 2.24) is 4.90 Å². The Kier molecular flexibility index (Phi) is 5.86. The summed E-state index contributed by atoms with van der Waals surface area (Å²) in [5.74, 6) is 0.297. The Balaban J connectivity index is 1.56. The Morgan fingerprint density at radius 1 is 1.42 bits per heavy atom. The van der Waals surface area contributed by atoms with E-state index in [1.165, 1.54) is 11.3 Å². The van der Waals surface area contributed by atoms with E-state index in [1.807, 2.05) is 16.2 Å². The van der Waals surface area contributed by atoms with Crippen molar-refractivity contribution in [2.24, 2.45) is 5.73 Å². The molecule has 1 saturated heterocycles. The maximum Gasteiger partial charge on any atom is 0.222 e. The zero-order valence-electron chi connectivity index (χ0n) is 11.5. The second kappa shape index (κ2) is 7.65. The number of carbonyl (C=O) groups is 1. The third-order valence-corrected chi connectivity index (χ3v) is 4.64. The zero-order chi connectivity index (χ0) is 13.5. The summed E-state index contributed by atoms with van der Waals surface area (Å²) in [6.45, 7) is 1.66. The summed E-state index contributed by atoms with van der Waals surface area (Å²) in [4.78, 5) is 15.4. The third-order valence-electron chi connectivity index (χ3n) is 3.70. The van der Waals surface area contributed by atoms with Gasteiger partial charge in [0.2, 0.25) is 5.91 Å². The van der Waals surface area contributed by atoms with Gasteiger partial charge < -0.3 is 10.6 Å². The van der Waals surface area contributed by atoms with E-state index in [2.05, 4.69) is 17.5 Å². The number of aryl methyl sites for hydroxylation is 1. The second-order valence-corrected chi connectivity index (χ2v) is 6.41. The lowest BCUT2D eigenvalue weighted by Gasteiger charge is -2.30. The van der Waals surface area contributed by atoms with Crippen LogP contribution in [0.1, 0.15) is 43.4 Å². The molecule has 106 valence electrons. The predicted octanol–water partition coefficient (Wildman–Crippen LogP) is 2.80. The molecule has 1 unspecified atom stereocenters. The second-order valence-electron chi connectivity index (χ2n) is 5.38. The van der Waals surface area contributed by atoms with Gasteiger partial charge in [0.05, 0.1) is 0 Å². The van der Waals surface area contributed by atoms with E-state index in [9.17, 15) is 4.79 Å². The summed E-state index contributed by atoms with van der Waals surface area (Å²) in [5, 5.41) is 2.12. The Morgan fingerprint density at radius 2 is 2.32 bits per heavy atom. The zero-order valence-corrected chi connectivity index (χ0v) is 12.3. The molecule has 0 bridgehead atoms. The van der Waals surface area contributed by atoms with Crippen LogP contribution in [0.25, 0.3) is 0 Å². The molecule has 4 heteroatoms. The summed E-state index contributed by atoms with van der Waals surface area (Å²) in [5.41, 5.74) is 5.90. The van der Waals surface area contributed by atoms with E-state index >= 15 is 0 Å². The number of nitrogens with zero attached hydrogens (tertiary/aromatic N) is 1. The van der Waals surface area contributed by atoms with Crippen LogP contribution in [0.3, 0.4) is 0 Å². The van der Waals surface area contributed by atoms with Crippen molar-refractivity contribution in [1.29, 1.82) is 0 Å². The molecule has 0 saturated carbocycles. The van der Waals surface area contributed by atoms with Crippen molar-refractivity contribution < 1.29 is 4.79 Å². The molecule has 1 fully saturated rings. The minimum Gasteiger partial charge on any atom is -0.341 e. The maximum atomic E-state index is 12.0. The molecule has 1 aromatic heterocycles. The standard InChI is InChI=1S/C15H24N2OS/c16-13-6-4-10-17(12-13)15(18)9-3-1-2-7-14-8-5-11-19-14/h5,8,11,13H,1-4,6-7,9-10,12,16H2. The fraction of sp³-hybridized carbons (Fsp3) is 0.667. The molecule has 19 heavy (non-hydrogen) atoms. The fourth-order valence-electron chi connectivity index (χ4n) is 2.60. The van der Waals surface area contributed by atoms with Gasteiger partial charge in [0.15, 0.2) is 0 Å². The van der Waals surface area contributed by atoms with Crippen LogP contribution in [0.4, 0.5) is 0 Å². The van der Waals surface area contributed by atoms with Crippen LogP contribution >= 0.6 is 11.3 Å². The van der Waals surface area contributed by atoms with Crippen molar-refractivity contribution in [2.75, 3.05) is 13.1 Å². The summed E-state index contributed by atoms with van der Waals surface area (Å²) in [6, 6.07) is 4.48. The number of rotatable bonds is 6. The van der Waals surface area contributed by atoms with E-state index in [-0.39, 0.29) is 6.04 Å².